The van der Waals surface area contributed by atoms with E-state index in [4.69, 9.17) is 4.74 Å². The number of benzene rings is 1. The van der Waals surface area contributed by atoms with Gasteiger partial charge in [-0.3, -0.25) is 4.79 Å². The van der Waals surface area contributed by atoms with Gasteiger partial charge in [0.25, 0.3) is 0 Å². The Hall–Kier alpha value is -1.51. The van der Waals surface area contributed by atoms with Crippen molar-refractivity contribution in [3.05, 3.63) is 29.8 Å². The SMILES string of the molecule is COC(=O)Cc1ccccc1N1CCCC1. The van der Waals surface area contributed by atoms with Crippen molar-refractivity contribution in [2.75, 3.05) is 25.1 Å². The fourth-order valence-corrected chi connectivity index (χ4v) is 2.15. The average molecular weight is 219 g/mol. The van der Waals surface area contributed by atoms with Gasteiger partial charge in [-0.15, -0.1) is 0 Å². The zero-order chi connectivity index (χ0) is 11.4. The number of carbonyl (C=O) groups excluding carboxylic acids is 1. The maximum atomic E-state index is 11.3. The van der Waals surface area contributed by atoms with Crippen LogP contribution in [0.5, 0.6) is 0 Å². The van der Waals surface area contributed by atoms with Gasteiger partial charge in [0.1, 0.15) is 0 Å². The molecule has 86 valence electrons. The lowest BCUT2D eigenvalue weighted by molar-refractivity contribution is -0.139. The summed E-state index contributed by atoms with van der Waals surface area (Å²) in [5.74, 6) is -0.174. The summed E-state index contributed by atoms with van der Waals surface area (Å²) in [4.78, 5) is 13.7. The lowest BCUT2D eigenvalue weighted by Crippen LogP contribution is -2.20. The molecule has 0 saturated carbocycles. The van der Waals surface area contributed by atoms with Gasteiger partial charge in [0.2, 0.25) is 0 Å². The summed E-state index contributed by atoms with van der Waals surface area (Å²) >= 11 is 0. The van der Waals surface area contributed by atoms with Gasteiger partial charge in [0.15, 0.2) is 0 Å². The maximum absolute atomic E-state index is 11.3. The number of para-hydroxylation sites is 1. The monoisotopic (exact) mass is 219 g/mol. The quantitative estimate of drug-likeness (QED) is 0.728. The number of anilines is 1. The first kappa shape index (κ1) is 11.0. The molecule has 1 aromatic rings. The molecular formula is C13H17NO2. The molecule has 0 spiro atoms. The van der Waals surface area contributed by atoms with Crippen molar-refractivity contribution >= 4 is 11.7 Å². The summed E-state index contributed by atoms with van der Waals surface area (Å²) in [7, 11) is 1.43. The molecule has 0 aliphatic carbocycles. The highest BCUT2D eigenvalue weighted by Gasteiger charge is 2.16. The van der Waals surface area contributed by atoms with E-state index in [1.54, 1.807) is 0 Å². The van der Waals surface area contributed by atoms with Crippen LogP contribution >= 0.6 is 0 Å². The highest BCUT2D eigenvalue weighted by atomic mass is 16.5. The van der Waals surface area contributed by atoms with Crippen LogP contribution in [0, 0.1) is 0 Å². The van der Waals surface area contributed by atoms with Crippen molar-refractivity contribution in [1.82, 2.24) is 0 Å². The summed E-state index contributed by atoms with van der Waals surface area (Å²) < 4.78 is 4.71. The highest BCUT2D eigenvalue weighted by molar-refractivity contribution is 5.75. The van der Waals surface area contributed by atoms with Crippen molar-refractivity contribution in [2.24, 2.45) is 0 Å². The minimum absolute atomic E-state index is 0.174. The third kappa shape index (κ3) is 2.35. The van der Waals surface area contributed by atoms with Crippen LogP contribution in [0.25, 0.3) is 0 Å². The lowest BCUT2D eigenvalue weighted by Gasteiger charge is -2.20. The van der Waals surface area contributed by atoms with Crippen LogP contribution in [0.4, 0.5) is 5.69 Å². The Kier molecular flexibility index (Phi) is 3.44. The summed E-state index contributed by atoms with van der Waals surface area (Å²) in [5, 5.41) is 0. The zero-order valence-electron chi connectivity index (χ0n) is 9.61. The Morgan fingerprint density at radius 1 is 1.31 bits per heavy atom. The average Bonchev–Trinajstić information content (AvgIpc) is 2.83. The molecule has 1 fully saturated rings. The maximum Gasteiger partial charge on any atom is 0.310 e. The Bertz CT molecular complexity index is 370. The van der Waals surface area contributed by atoms with Crippen LogP contribution in [0.1, 0.15) is 18.4 Å². The molecule has 3 heteroatoms. The molecule has 0 aromatic heterocycles. The van der Waals surface area contributed by atoms with E-state index in [1.165, 1.54) is 25.6 Å². The van der Waals surface area contributed by atoms with Crippen molar-refractivity contribution < 1.29 is 9.53 Å². The van der Waals surface area contributed by atoms with Gasteiger partial charge in [0.05, 0.1) is 13.5 Å². The van der Waals surface area contributed by atoms with Gasteiger partial charge >= 0.3 is 5.97 Å². The summed E-state index contributed by atoms with van der Waals surface area (Å²) in [5.41, 5.74) is 2.25. The minimum atomic E-state index is -0.174. The van der Waals surface area contributed by atoms with Crippen molar-refractivity contribution in [2.45, 2.75) is 19.3 Å². The van der Waals surface area contributed by atoms with Gasteiger partial charge < -0.3 is 9.64 Å². The van der Waals surface area contributed by atoms with Crippen LogP contribution in [-0.2, 0) is 16.0 Å². The third-order valence-corrected chi connectivity index (χ3v) is 3.00. The number of hydrogen-bond donors (Lipinski definition) is 0. The lowest BCUT2D eigenvalue weighted by atomic mass is 10.1. The van der Waals surface area contributed by atoms with Gasteiger partial charge in [-0.05, 0) is 24.5 Å². The molecule has 1 aromatic carbocycles. The molecule has 0 bridgehead atoms. The largest absolute Gasteiger partial charge is 0.469 e. The smallest absolute Gasteiger partial charge is 0.310 e. The molecule has 0 amide bonds. The first-order chi connectivity index (χ1) is 7.81. The number of nitrogens with zero attached hydrogens (tertiary/aromatic N) is 1. The van der Waals surface area contributed by atoms with Crippen molar-refractivity contribution in [1.29, 1.82) is 0 Å². The van der Waals surface area contributed by atoms with E-state index in [9.17, 15) is 4.79 Å². The van der Waals surface area contributed by atoms with Crippen LogP contribution in [0.2, 0.25) is 0 Å². The third-order valence-electron chi connectivity index (χ3n) is 3.00. The predicted molar refractivity (Wildman–Crippen MR) is 63.6 cm³/mol. The fraction of sp³-hybridized carbons (Fsp3) is 0.462. The van der Waals surface area contributed by atoms with Gasteiger partial charge in [-0.25, -0.2) is 0 Å². The predicted octanol–water partition coefficient (Wildman–Crippen LogP) is 2.00. The molecule has 16 heavy (non-hydrogen) atoms. The highest BCUT2D eigenvalue weighted by Crippen LogP contribution is 2.24. The standard InChI is InChI=1S/C13H17NO2/c1-16-13(15)10-11-6-2-3-7-12(11)14-8-4-5-9-14/h2-3,6-7H,4-5,8-10H2,1H3. The molecule has 1 saturated heterocycles. The number of carbonyl (C=O) groups is 1. The second-order valence-corrected chi connectivity index (χ2v) is 4.08. The van der Waals surface area contributed by atoms with Gasteiger partial charge in [0, 0.05) is 18.8 Å². The minimum Gasteiger partial charge on any atom is -0.469 e. The van der Waals surface area contributed by atoms with E-state index in [1.807, 2.05) is 18.2 Å². The van der Waals surface area contributed by atoms with Crippen molar-refractivity contribution in [3.63, 3.8) is 0 Å². The second-order valence-electron chi connectivity index (χ2n) is 4.08. The number of hydrogen-bond acceptors (Lipinski definition) is 3. The number of rotatable bonds is 3. The fourth-order valence-electron chi connectivity index (χ4n) is 2.15. The van der Waals surface area contributed by atoms with E-state index >= 15 is 0 Å². The van der Waals surface area contributed by atoms with Crippen LogP contribution in [0.15, 0.2) is 24.3 Å². The molecule has 0 unspecified atom stereocenters. The van der Waals surface area contributed by atoms with Crippen molar-refractivity contribution in [3.8, 4) is 0 Å². The Balaban J connectivity index is 2.19. The molecule has 2 rings (SSSR count). The van der Waals surface area contributed by atoms with E-state index in [0.29, 0.717) is 6.42 Å². The summed E-state index contributed by atoms with van der Waals surface area (Å²) in [6.45, 7) is 2.19. The molecule has 1 aliphatic rings. The Morgan fingerprint density at radius 2 is 2.00 bits per heavy atom. The normalized spacial score (nSPS) is 15.2. The molecule has 3 nitrogen and oxygen atoms in total. The Labute approximate surface area is 96.0 Å². The van der Waals surface area contributed by atoms with Crippen LogP contribution in [0.3, 0.4) is 0 Å². The second kappa shape index (κ2) is 5.01. The van der Waals surface area contributed by atoms with E-state index in [0.717, 1.165) is 18.7 Å². The summed E-state index contributed by atoms with van der Waals surface area (Å²) in [6, 6.07) is 8.08. The molecular weight excluding hydrogens is 202 g/mol. The van der Waals surface area contributed by atoms with E-state index in [-0.39, 0.29) is 5.97 Å². The molecule has 0 radical (unpaired) electrons. The molecule has 1 heterocycles. The topological polar surface area (TPSA) is 29.5 Å². The molecule has 1 aliphatic heterocycles. The van der Waals surface area contributed by atoms with E-state index in [2.05, 4.69) is 11.0 Å². The Morgan fingerprint density at radius 3 is 2.69 bits per heavy atom. The molecule has 0 N–H and O–H groups in total. The zero-order valence-corrected chi connectivity index (χ0v) is 9.61. The number of esters is 1. The first-order valence-corrected chi connectivity index (χ1v) is 5.71. The van der Waals surface area contributed by atoms with Crippen LogP contribution < -0.4 is 4.90 Å². The number of ether oxygens (including phenoxy) is 1. The number of methoxy groups -OCH3 is 1. The van der Waals surface area contributed by atoms with Gasteiger partial charge in [-0.2, -0.15) is 0 Å². The van der Waals surface area contributed by atoms with Gasteiger partial charge in [-0.1, -0.05) is 18.2 Å². The summed E-state index contributed by atoms with van der Waals surface area (Å²) in [6.07, 6.45) is 2.85. The first-order valence-electron chi connectivity index (χ1n) is 5.71. The van der Waals surface area contributed by atoms with E-state index < -0.39 is 0 Å². The van der Waals surface area contributed by atoms with Crippen LogP contribution in [-0.4, -0.2) is 26.2 Å². The molecule has 0 atom stereocenters.